The van der Waals surface area contributed by atoms with Gasteiger partial charge in [-0.1, -0.05) is 57.5 Å². The van der Waals surface area contributed by atoms with E-state index >= 15 is 0 Å². The van der Waals surface area contributed by atoms with Crippen LogP contribution in [0.3, 0.4) is 0 Å². The van der Waals surface area contributed by atoms with Crippen molar-refractivity contribution in [2.75, 3.05) is 6.61 Å². The van der Waals surface area contributed by atoms with Crippen LogP contribution in [0.5, 0.6) is 11.5 Å². The number of hydrazone groups is 1. The van der Waals surface area contributed by atoms with Crippen LogP contribution in [0, 0.1) is 0 Å². The first-order chi connectivity index (χ1) is 13.8. The van der Waals surface area contributed by atoms with Crippen LogP contribution in [0.1, 0.15) is 58.2 Å². The van der Waals surface area contributed by atoms with Gasteiger partial charge < -0.3 is 9.84 Å². The van der Waals surface area contributed by atoms with Gasteiger partial charge in [-0.3, -0.25) is 4.79 Å². The maximum atomic E-state index is 12.1. The summed E-state index contributed by atoms with van der Waals surface area (Å²) in [7, 11) is 0. The first-order valence-electron chi connectivity index (χ1n) is 9.57. The predicted molar refractivity (Wildman–Crippen MR) is 129 cm³/mol. The highest BCUT2D eigenvalue weighted by atomic mass is 79.9. The van der Waals surface area contributed by atoms with Crippen molar-refractivity contribution in [3.63, 3.8) is 0 Å². The highest BCUT2D eigenvalue weighted by Crippen LogP contribution is 2.39. The fraction of sp³-hybridized carbons (Fsp3) is 0.391. The molecule has 2 rings (SSSR count). The molecule has 0 aliphatic rings. The standard InChI is InChI=1S/C23H28Br2N2O3/c1-22(2,3)16-9-14(10-17(21(16)29)23(4,5)6)12-26-27-20(28)13-30-19-8-7-15(24)11-18(19)25/h7-12,29H,13H2,1-6H3,(H,27,28)/b26-12+. The lowest BCUT2D eigenvalue weighted by Crippen LogP contribution is -2.24. The topological polar surface area (TPSA) is 70.9 Å². The van der Waals surface area contributed by atoms with Crippen LogP contribution >= 0.6 is 31.9 Å². The summed E-state index contributed by atoms with van der Waals surface area (Å²) >= 11 is 6.77. The van der Waals surface area contributed by atoms with Crippen molar-refractivity contribution in [1.29, 1.82) is 0 Å². The number of phenols is 1. The maximum absolute atomic E-state index is 12.1. The number of aromatic hydroxyl groups is 1. The number of phenolic OH excluding ortho intramolecular Hbond substituents is 1. The Morgan fingerprint density at radius 2 is 1.63 bits per heavy atom. The van der Waals surface area contributed by atoms with Crippen molar-refractivity contribution < 1.29 is 14.6 Å². The number of hydrogen-bond acceptors (Lipinski definition) is 4. The van der Waals surface area contributed by atoms with Gasteiger partial charge in [0.15, 0.2) is 6.61 Å². The molecule has 30 heavy (non-hydrogen) atoms. The van der Waals surface area contributed by atoms with E-state index in [4.69, 9.17) is 4.74 Å². The van der Waals surface area contributed by atoms with Gasteiger partial charge in [-0.2, -0.15) is 5.10 Å². The normalized spacial score (nSPS) is 12.3. The summed E-state index contributed by atoms with van der Waals surface area (Å²) < 4.78 is 7.18. The van der Waals surface area contributed by atoms with Crippen LogP contribution < -0.4 is 10.2 Å². The van der Waals surface area contributed by atoms with E-state index in [1.165, 1.54) is 0 Å². The van der Waals surface area contributed by atoms with E-state index in [0.717, 1.165) is 25.6 Å². The number of carbonyl (C=O) groups is 1. The maximum Gasteiger partial charge on any atom is 0.277 e. The minimum Gasteiger partial charge on any atom is -0.507 e. The highest BCUT2D eigenvalue weighted by Gasteiger charge is 2.26. The SMILES string of the molecule is CC(C)(C)c1cc(/C=N/NC(=O)COc2ccc(Br)cc2Br)cc(C(C)(C)C)c1O. The van der Waals surface area contributed by atoms with E-state index in [1.54, 1.807) is 12.3 Å². The van der Waals surface area contributed by atoms with Crippen molar-refractivity contribution in [2.45, 2.75) is 52.4 Å². The van der Waals surface area contributed by atoms with Gasteiger partial charge >= 0.3 is 0 Å². The average molecular weight is 540 g/mol. The predicted octanol–water partition coefficient (Wildman–Crippen LogP) is 6.04. The molecule has 0 saturated carbocycles. The Morgan fingerprint density at radius 3 is 2.13 bits per heavy atom. The molecule has 2 aromatic carbocycles. The number of hydrogen-bond donors (Lipinski definition) is 2. The van der Waals surface area contributed by atoms with E-state index < -0.39 is 0 Å². The third kappa shape index (κ3) is 6.57. The molecule has 0 spiro atoms. The molecule has 162 valence electrons. The molecule has 2 aromatic rings. The Morgan fingerprint density at radius 1 is 1.07 bits per heavy atom. The smallest absolute Gasteiger partial charge is 0.277 e. The zero-order valence-electron chi connectivity index (χ0n) is 18.1. The molecular formula is C23H28Br2N2O3. The molecule has 5 nitrogen and oxygen atoms in total. The molecule has 0 aliphatic carbocycles. The Balaban J connectivity index is 2.12. The van der Waals surface area contributed by atoms with Crippen LogP contribution in [0.15, 0.2) is 44.4 Å². The van der Waals surface area contributed by atoms with Crippen LogP contribution in [-0.4, -0.2) is 23.8 Å². The minimum absolute atomic E-state index is 0.159. The number of amides is 1. The molecule has 0 unspecified atom stereocenters. The lowest BCUT2D eigenvalue weighted by molar-refractivity contribution is -0.123. The number of benzene rings is 2. The van der Waals surface area contributed by atoms with Gasteiger partial charge in [0.2, 0.25) is 0 Å². The van der Waals surface area contributed by atoms with E-state index in [0.29, 0.717) is 11.5 Å². The van der Waals surface area contributed by atoms with Gasteiger partial charge in [-0.15, -0.1) is 0 Å². The summed E-state index contributed by atoms with van der Waals surface area (Å²) in [6, 6.07) is 9.24. The fourth-order valence-electron chi connectivity index (χ4n) is 2.82. The zero-order chi connectivity index (χ0) is 22.7. The quantitative estimate of drug-likeness (QED) is 0.359. The molecule has 2 N–H and O–H groups in total. The summed E-state index contributed by atoms with van der Waals surface area (Å²) in [5.41, 5.74) is 4.50. The van der Waals surface area contributed by atoms with Gasteiger partial charge in [-0.25, -0.2) is 5.43 Å². The number of nitrogens with zero attached hydrogens (tertiary/aromatic N) is 1. The summed E-state index contributed by atoms with van der Waals surface area (Å²) in [6.45, 7) is 12.1. The first kappa shape index (κ1) is 24.4. The summed E-state index contributed by atoms with van der Waals surface area (Å²) in [6.07, 6.45) is 1.58. The van der Waals surface area contributed by atoms with Crippen molar-refractivity contribution in [1.82, 2.24) is 5.43 Å². The van der Waals surface area contributed by atoms with Crippen LogP contribution in [0.25, 0.3) is 0 Å². The lowest BCUT2D eigenvalue weighted by Gasteiger charge is -2.27. The molecule has 7 heteroatoms. The molecule has 0 aromatic heterocycles. The average Bonchev–Trinajstić information content (AvgIpc) is 2.60. The Bertz CT molecular complexity index is 923. The largest absolute Gasteiger partial charge is 0.507 e. The second-order valence-corrected chi connectivity index (χ2v) is 10.9. The van der Waals surface area contributed by atoms with Crippen LogP contribution in [0.4, 0.5) is 0 Å². The summed E-state index contributed by atoms with van der Waals surface area (Å²) in [4.78, 5) is 12.1. The van der Waals surface area contributed by atoms with Gasteiger partial charge in [0.05, 0.1) is 10.7 Å². The fourth-order valence-corrected chi connectivity index (χ4v) is 3.98. The monoisotopic (exact) mass is 538 g/mol. The highest BCUT2D eigenvalue weighted by molar-refractivity contribution is 9.11. The molecule has 0 heterocycles. The van der Waals surface area contributed by atoms with Crippen molar-refractivity contribution in [2.24, 2.45) is 5.10 Å². The third-order valence-electron chi connectivity index (χ3n) is 4.40. The first-order valence-corrected chi connectivity index (χ1v) is 11.2. The summed E-state index contributed by atoms with van der Waals surface area (Å²) in [5.74, 6) is 0.511. The van der Waals surface area contributed by atoms with E-state index in [1.807, 2.05) is 24.3 Å². The van der Waals surface area contributed by atoms with E-state index in [9.17, 15) is 9.90 Å². The number of rotatable bonds is 5. The van der Waals surface area contributed by atoms with Crippen LogP contribution in [-0.2, 0) is 15.6 Å². The number of nitrogens with one attached hydrogen (secondary N) is 1. The molecule has 0 aliphatic heterocycles. The molecular weight excluding hydrogens is 512 g/mol. The van der Waals surface area contributed by atoms with Crippen LogP contribution in [0.2, 0.25) is 0 Å². The third-order valence-corrected chi connectivity index (χ3v) is 5.52. The summed E-state index contributed by atoms with van der Waals surface area (Å²) in [5, 5.41) is 14.8. The van der Waals surface area contributed by atoms with E-state index in [-0.39, 0.29) is 23.3 Å². The second-order valence-electron chi connectivity index (χ2n) is 9.12. The molecule has 1 amide bonds. The Kier molecular flexibility index (Phi) is 7.74. The molecule has 0 radical (unpaired) electrons. The number of ether oxygens (including phenoxy) is 1. The minimum atomic E-state index is -0.369. The van der Waals surface area contributed by atoms with Gasteiger partial charge in [0.1, 0.15) is 11.5 Å². The van der Waals surface area contributed by atoms with Gasteiger partial charge in [-0.05, 0) is 62.7 Å². The second kappa shape index (κ2) is 9.52. The Labute approximate surface area is 195 Å². The number of halogens is 2. The number of carbonyl (C=O) groups excluding carboxylic acids is 1. The van der Waals surface area contributed by atoms with Crippen molar-refractivity contribution >= 4 is 44.0 Å². The molecule has 0 atom stereocenters. The lowest BCUT2D eigenvalue weighted by atomic mass is 9.78. The molecule has 0 bridgehead atoms. The van der Waals surface area contributed by atoms with Gasteiger partial charge in [0.25, 0.3) is 5.91 Å². The van der Waals surface area contributed by atoms with Crippen molar-refractivity contribution in [3.05, 3.63) is 56.0 Å². The molecule has 0 saturated heterocycles. The van der Waals surface area contributed by atoms with Gasteiger partial charge in [0, 0.05) is 15.6 Å². The Hall–Kier alpha value is -1.86. The van der Waals surface area contributed by atoms with Crippen molar-refractivity contribution in [3.8, 4) is 11.5 Å². The van der Waals surface area contributed by atoms with E-state index in [2.05, 4.69) is 83.9 Å². The molecule has 0 fully saturated rings. The zero-order valence-corrected chi connectivity index (χ0v) is 21.3.